The minimum Gasteiger partial charge on any atom is -0.475 e. The Kier molecular flexibility index (Phi) is 2.99. The van der Waals surface area contributed by atoms with E-state index in [2.05, 4.69) is 15.2 Å². The Morgan fingerprint density at radius 2 is 2.12 bits per heavy atom. The molecule has 4 aromatic heterocycles. The maximum Gasteiger partial charge on any atom is 0.373 e. The van der Waals surface area contributed by atoms with Gasteiger partial charge in [-0.05, 0) is 26.0 Å². The van der Waals surface area contributed by atoms with E-state index in [1.54, 1.807) is 23.0 Å². The summed E-state index contributed by atoms with van der Waals surface area (Å²) in [5, 5.41) is 17.2. The van der Waals surface area contributed by atoms with Crippen molar-refractivity contribution in [3.63, 3.8) is 0 Å². The van der Waals surface area contributed by atoms with Gasteiger partial charge in [-0.25, -0.2) is 14.3 Å². The van der Waals surface area contributed by atoms with Gasteiger partial charge in [0.25, 0.3) is 0 Å². The van der Waals surface area contributed by atoms with Gasteiger partial charge in [-0.3, -0.25) is 0 Å². The Hall–Kier alpha value is -3.42. The van der Waals surface area contributed by atoms with Crippen molar-refractivity contribution in [3.8, 4) is 22.6 Å². The molecule has 0 saturated heterocycles. The molecule has 0 saturated carbocycles. The predicted octanol–water partition coefficient (Wildman–Crippen LogP) is 2.96. The summed E-state index contributed by atoms with van der Waals surface area (Å²) in [5.41, 5.74) is 4.01. The van der Waals surface area contributed by atoms with E-state index < -0.39 is 5.97 Å². The molecule has 0 aliphatic carbocycles. The zero-order chi connectivity index (χ0) is 16.8. The van der Waals surface area contributed by atoms with Crippen molar-refractivity contribution >= 4 is 11.5 Å². The van der Waals surface area contributed by atoms with E-state index in [-0.39, 0.29) is 11.7 Å². The van der Waals surface area contributed by atoms with E-state index in [4.69, 9.17) is 14.0 Å². The van der Waals surface area contributed by atoms with Crippen LogP contribution >= 0.6 is 0 Å². The first-order chi connectivity index (χ1) is 11.5. The molecule has 8 nitrogen and oxygen atoms in total. The molecule has 8 heteroatoms. The third kappa shape index (κ3) is 2.08. The number of hydrogen-bond donors (Lipinski definition) is 1. The van der Waals surface area contributed by atoms with Crippen LogP contribution in [-0.4, -0.2) is 30.8 Å². The maximum absolute atomic E-state index is 10.9. The number of carboxylic acids is 1. The normalized spacial score (nSPS) is 11.2. The number of rotatable bonds is 3. The summed E-state index contributed by atoms with van der Waals surface area (Å²) in [6.45, 7) is 3.71. The second-order valence-corrected chi connectivity index (χ2v) is 5.34. The molecule has 4 aromatic rings. The lowest BCUT2D eigenvalue weighted by Gasteiger charge is -2.01. The lowest BCUT2D eigenvalue weighted by atomic mass is 10.1. The van der Waals surface area contributed by atoms with Crippen LogP contribution in [0.2, 0.25) is 0 Å². The van der Waals surface area contributed by atoms with Crippen LogP contribution in [0.1, 0.15) is 22.0 Å². The molecule has 4 heterocycles. The van der Waals surface area contributed by atoms with Crippen LogP contribution < -0.4 is 0 Å². The number of nitrogens with zero attached hydrogens (tertiary/aromatic N) is 4. The van der Waals surface area contributed by atoms with Crippen LogP contribution in [0.15, 0.2) is 39.7 Å². The number of aromatic nitrogens is 4. The zero-order valence-corrected chi connectivity index (χ0v) is 12.8. The van der Waals surface area contributed by atoms with Crippen molar-refractivity contribution in [3.05, 3.63) is 47.9 Å². The number of aromatic carboxylic acids is 1. The Morgan fingerprint density at radius 3 is 2.79 bits per heavy atom. The third-order valence-corrected chi connectivity index (χ3v) is 3.79. The van der Waals surface area contributed by atoms with E-state index in [9.17, 15) is 4.79 Å². The molecule has 0 aliphatic heterocycles. The first-order valence-corrected chi connectivity index (χ1v) is 7.14. The highest BCUT2D eigenvalue weighted by Gasteiger charge is 2.18. The quantitative estimate of drug-likeness (QED) is 0.617. The zero-order valence-electron chi connectivity index (χ0n) is 12.8. The number of pyridine rings is 1. The molecule has 0 amide bonds. The van der Waals surface area contributed by atoms with Crippen LogP contribution in [0.3, 0.4) is 0 Å². The molecule has 0 aromatic carbocycles. The molecule has 0 radical (unpaired) electrons. The molecule has 0 aliphatic rings. The monoisotopic (exact) mass is 324 g/mol. The van der Waals surface area contributed by atoms with Gasteiger partial charge in [-0.15, -0.1) is 0 Å². The molecule has 0 fully saturated rings. The number of carbonyl (C=O) groups is 1. The molecule has 4 rings (SSSR count). The third-order valence-electron chi connectivity index (χ3n) is 3.79. The van der Waals surface area contributed by atoms with E-state index in [0.717, 1.165) is 22.3 Å². The number of oxazole rings is 1. The fraction of sp³-hybridized carbons (Fsp3) is 0.125. The largest absolute Gasteiger partial charge is 0.475 e. The van der Waals surface area contributed by atoms with Crippen molar-refractivity contribution in [2.45, 2.75) is 13.8 Å². The van der Waals surface area contributed by atoms with E-state index in [0.29, 0.717) is 11.3 Å². The van der Waals surface area contributed by atoms with Crippen molar-refractivity contribution < 1.29 is 18.8 Å². The van der Waals surface area contributed by atoms with E-state index >= 15 is 0 Å². The van der Waals surface area contributed by atoms with Crippen LogP contribution in [-0.2, 0) is 0 Å². The van der Waals surface area contributed by atoms with Crippen molar-refractivity contribution in [1.82, 2.24) is 19.8 Å². The number of fused-ring (bicyclic) bond motifs is 1. The van der Waals surface area contributed by atoms with E-state index in [1.807, 2.05) is 19.9 Å². The van der Waals surface area contributed by atoms with Gasteiger partial charge in [0.15, 0.2) is 0 Å². The molecule has 0 unspecified atom stereocenters. The molecule has 0 spiro atoms. The average Bonchev–Trinajstić information content (AvgIpc) is 3.26. The van der Waals surface area contributed by atoms with Gasteiger partial charge >= 0.3 is 5.97 Å². The van der Waals surface area contributed by atoms with Crippen molar-refractivity contribution in [1.29, 1.82) is 0 Å². The lowest BCUT2D eigenvalue weighted by Crippen LogP contribution is -1.91. The summed E-state index contributed by atoms with van der Waals surface area (Å²) in [4.78, 5) is 15.0. The average molecular weight is 324 g/mol. The van der Waals surface area contributed by atoms with Gasteiger partial charge in [0.2, 0.25) is 11.7 Å². The van der Waals surface area contributed by atoms with Gasteiger partial charge in [0, 0.05) is 17.3 Å². The van der Waals surface area contributed by atoms with Gasteiger partial charge in [-0.1, -0.05) is 5.16 Å². The van der Waals surface area contributed by atoms with Crippen LogP contribution in [0.5, 0.6) is 0 Å². The molecule has 24 heavy (non-hydrogen) atoms. The summed E-state index contributed by atoms with van der Waals surface area (Å²) >= 11 is 0. The van der Waals surface area contributed by atoms with Gasteiger partial charge in [0.1, 0.15) is 5.76 Å². The highest BCUT2D eigenvalue weighted by Crippen LogP contribution is 2.32. The fourth-order valence-electron chi connectivity index (χ4n) is 2.68. The summed E-state index contributed by atoms with van der Waals surface area (Å²) in [5.74, 6) is -0.419. The molecule has 0 atom stereocenters. The highest BCUT2D eigenvalue weighted by molar-refractivity contribution is 5.86. The molecular formula is C16H12N4O4. The van der Waals surface area contributed by atoms with Crippen LogP contribution in [0, 0.1) is 13.8 Å². The smallest absolute Gasteiger partial charge is 0.373 e. The van der Waals surface area contributed by atoms with Crippen molar-refractivity contribution in [2.75, 3.05) is 0 Å². The first-order valence-electron chi connectivity index (χ1n) is 7.14. The minimum absolute atomic E-state index is 0.204. The SMILES string of the molecule is Cc1noc(C)c1-c1cnn2ccc(-c3ncc(C(=O)O)o3)cc12. The Bertz CT molecular complexity index is 1050. The topological polar surface area (TPSA) is 107 Å². The highest BCUT2D eigenvalue weighted by atomic mass is 16.5. The standard InChI is InChI=1S/C16H12N4O4/c1-8-14(9(2)24-19-8)11-6-18-20-4-3-10(5-12(11)20)15-17-7-13(23-15)16(21)22/h3-7H,1-2H3,(H,21,22). The van der Waals surface area contributed by atoms with Gasteiger partial charge < -0.3 is 14.0 Å². The lowest BCUT2D eigenvalue weighted by molar-refractivity contribution is 0.0663. The van der Waals surface area contributed by atoms with Gasteiger partial charge in [-0.2, -0.15) is 5.10 Å². The number of hydrogen-bond acceptors (Lipinski definition) is 6. The molecular weight excluding hydrogens is 312 g/mol. The van der Waals surface area contributed by atoms with Crippen LogP contribution in [0.4, 0.5) is 0 Å². The molecule has 1 N–H and O–H groups in total. The maximum atomic E-state index is 10.9. The summed E-state index contributed by atoms with van der Waals surface area (Å²) in [6.07, 6.45) is 4.69. The molecule has 0 bridgehead atoms. The fourth-order valence-corrected chi connectivity index (χ4v) is 2.68. The summed E-state index contributed by atoms with van der Waals surface area (Å²) in [7, 11) is 0. The second kappa shape index (κ2) is 5.05. The first kappa shape index (κ1) is 14.2. The minimum atomic E-state index is -1.16. The van der Waals surface area contributed by atoms with Gasteiger partial charge in [0.05, 0.1) is 29.2 Å². The van der Waals surface area contributed by atoms with E-state index in [1.165, 1.54) is 6.20 Å². The Labute approximate surface area is 135 Å². The number of aryl methyl sites for hydroxylation is 2. The number of carboxylic acid groups (broad SMARTS) is 1. The Morgan fingerprint density at radius 1 is 1.29 bits per heavy atom. The predicted molar refractivity (Wildman–Crippen MR) is 82.6 cm³/mol. The second-order valence-electron chi connectivity index (χ2n) is 5.34. The summed E-state index contributed by atoms with van der Waals surface area (Å²) in [6, 6.07) is 3.60. The van der Waals surface area contributed by atoms with Crippen LogP contribution in [0.25, 0.3) is 28.1 Å². The Balaban J connectivity index is 1.88. The molecule has 120 valence electrons. The summed E-state index contributed by atoms with van der Waals surface area (Å²) < 4.78 is 12.2. The van der Waals surface area contributed by atoms with Crippen molar-refractivity contribution in [2.24, 2.45) is 0 Å².